The smallest absolute Gasteiger partial charge is 0.289 e. The molecule has 1 spiro atoms. The Hall–Kier alpha value is -3.51. The number of likely N-dealkylation sites (N-methyl/N-ethyl adjacent to an activating group) is 1. The number of nitrogens with zero attached hydrogens (tertiary/aromatic N) is 2. The molecule has 1 aliphatic carbocycles. The maximum Gasteiger partial charge on any atom is 0.289 e. The van der Waals surface area contributed by atoms with Crippen molar-refractivity contribution in [3.8, 4) is 0 Å². The van der Waals surface area contributed by atoms with E-state index in [1.165, 1.54) is 11.9 Å². The summed E-state index contributed by atoms with van der Waals surface area (Å²) in [5.41, 5.74) is -0.648. The number of oxime groups is 1. The average Bonchev–Trinajstić information content (AvgIpc) is 3.62. The molecule has 0 radical (unpaired) electrons. The van der Waals surface area contributed by atoms with E-state index in [4.69, 9.17) is 21.2 Å². The Kier molecular flexibility index (Phi) is 11.3. The summed E-state index contributed by atoms with van der Waals surface area (Å²) in [6, 6.07) is 4.19. The predicted octanol–water partition coefficient (Wildman–Crippen LogP) is 3.92. The van der Waals surface area contributed by atoms with Gasteiger partial charge in [0, 0.05) is 43.5 Å². The largest absolute Gasteiger partial charge is 0.387 e. The molecule has 274 valence electrons. The molecule has 1 saturated carbocycles. The number of carbonyl (C=O) groups excluding carboxylic acids is 5. The molecule has 4 aliphatic rings. The zero-order valence-electron chi connectivity index (χ0n) is 30.1. The number of rotatable bonds is 11. The molecular weight excluding hydrogens is 662 g/mol. The summed E-state index contributed by atoms with van der Waals surface area (Å²) in [7, 11) is 1.38. The van der Waals surface area contributed by atoms with Crippen molar-refractivity contribution >= 4 is 46.7 Å². The number of ether oxygens (including phenoxy) is 1. The number of likely N-dealkylation sites (tertiary alicyclic amines) is 1. The van der Waals surface area contributed by atoms with Crippen LogP contribution in [0.2, 0.25) is 5.02 Å². The van der Waals surface area contributed by atoms with Gasteiger partial charge in [0.25, 0.3) is 5.91 Å². The first-order valence-electron chi connectivity index (χ1n) is 17.8. The van der Waals surface area contributed by atoms with E-state index in [-0.39, 0.29) is 42.7 Å². The number of hydrogen-bond acceptors (Lipinski definition) is 8. The molecule has 5 rings (SSSR count). The fourth-order valence-electron chi connectivity index (χ4n) is 7.62. The van der Waals surface area contributed by atoms with Gasteiger partial charge in [-0.25, -0.2) is 0 Å². The zero-order valence-corrected chi connectivity index (χ0v) is 30.9. The highest BCUT2D eigenvalue weighted by atomic mass is 35.5. The maximum atomic E-state index is 14.7. The predicted molar refractivity (Wildman–Crippen MR) is 188 cm³/mol. The fraction of sp³-hybridized carbons (Fsp3) is 0.676. The second-order valence-electron chi connectivity index (χ2n) is 16.3. The monoisotopic (exact) mass is 713 g/mol. The molecule has 1 aromatic carbocycles. The van der Waals surface area contributed by atoms with Gasteiger partial charge in [0.2, 0.25) is 23.5 Å². The van der Waals surface area contributed by atoms with Gasteiger partial charge in [-0.1, -0.05) is 68.9 Å². The van der Waals surface area contributed by atoms with Crippen molar-refractivity contribution in [1.82, 2.24) is 20.9 Å². The van der Waals surface area contributed by atoms with Crippen LogP contribution in [0.1, 0.15) is 98.0 Å². The highest BCUT2D eigenvalue weighted by Crippen LogP contribution is 2.41. The second kappa shape index (κ2) is 15.0. The van der Waals surface area contributed by atoms with Crippen molar-refractivity contribution in [2.75, 3.05) is 20.2 Å². The van der Waals surface area contributed by atoms with Crippen molar-refractivity contribution in [3.63, 3.8) is 0 Å². The van der Waals surface area contributed by atoms with E-state index in [1.807, 2.05) is 46.8 Å². The third-order valence-corrected chi connectivity index (χ3v) is 10.8. The lowest BCUT2D eigenvalue weighted by molar-refractivity contribution is -0.145. The number of ketones is 1. The Balaban J connectivity index is 1.40. The summed E-state index contributed by atoms with van der Waals surface area (Å²) in [5, 5.41) is 13.1. The van der Waals surface area contributed by atoms with Crippen LogP contribution >= 0.6 is 11.6 Å². The van der Waals surface area contributed by atoms with Crippen LogP contribution in [0.25, 0.3) is 0 Å². The minimum absolute atomic E-state index is 0.0325. The van der Waals surface area contributed by atoms with Crippen LogP contribution in [0.4, 0.5) is 0 Å². The lowest BCUT2D eigenvalue weighted by Gasteiger charge is -2.37. The van der Waals surface area contributed by atoms with Crippen LogP contribution in [0.5, 0.6) is 0 Å². The number of halogens is 1. The summed E-state index contributed by atoms with van der Waals surface area (Å²) < 4.78 is 5.83. The first-order chi connectivity index (χ1) is 23.5. The van der Waals surface area contributed by atoms with Gasteiger partial charge in [-0.15, -0.1) is 0 Å². The van der Waals surface area contributed by atoms with Crippen LogP contribution in [0, 0.1) is 17.3 Å². The van der Waals surface area contributed by atoms with E-state index in [9.17, 15) is 24.0 Å². The summed E-state index contributed by atoms with van der Waals surface area (Å²) in [6.45, 7) is 10.2. The number of carbonyl (C=O) groups is 5. The molecule has 3 aliphatic heterocycles. The quantitative estimate of drug-likeness (QED) is 0.294. The molecule has 0 aromatic heterocycles. The van der Waals surface area contributed by atoms with Crippen molar-refractivity contribution in [3.05, 3.63) is 34.9 Å². The number of nitrogens with one attached hydrogen (secondary N) is 3. The van der Waals surface area contributed by atoms with Crippen LogP contribution in [-0.4, -0.2) is 89.6 Å². The van der Waals surface area contributed by atoms with Gasteiger partial charge in [-0.2, -0.15) is 0 Å². The molecule has 4 amide bonds. The summed E-state index contributed by atoms with van der Waals surface area (Å²) in [6.07, 6.45) is 5.36. The SMILES string of the molecule is CNC(=O)C(=O)[C@H](CC1CCC1)NC(=O)[C@@H]1C[C@]2(CC(c3cccc(Cl)c3)=NO2)CN1C(=O)[C@@H](NC(=O)CC1CCOC(C)(C)C1)C(C)(C)C. The van der Waals surface area contributed by atoms with Crippen molar-refractivity contribution in [2.45, 2.75) is 122 Å². The minimum atomic E-state index is -1.05. The molecule has 3 heterocycles. The van der Waals surface area contributed by atoms with Gasteiger partial charge >= 0.3 is 0 Å². The molecule has 13 heteroatoms. The van der Waals surface area contributed by atoms with Crippen LogP contribution in [0.3, 0.4) is 0 Å². The number of benzene rings is 1. The van der Waals surface area contributed by atoms with E-state index >= 15 is 0 Å². The Morgan fingerprint density at radius 3 is 2.42 bits per heavy atom. The summed E-state index contributed by atoms with van der Waals surface area (Å²) in [5.74, 6) is -2.40. The molecule has 3 N–H and O–H groups in total. The van der Waals surface area contributed by atoms with Crippen LogP contribution in [-0.2, 0) is 33.5 Å². The maximum absolute atomic E-state index is 14.7. The normalized spacial score (nSPS) is 25.9. The van der Waals surface area contributed by atoms with E-state index in [0.717, 1.165) is 37.7 Å². The second-order valence-corrected chi connectivity index (χ2v) is 16.7. The van der Waals surface area contributed by atoms with Gasteiger partial charge in [0.15, 0.2) is 5.60 Å². The van der Waals surface area contributed by atoms with Crippen molar-refractivity contribution in [2.24, 2.45) is 22.4 Å². The van der Waals surface area contributed by atoms with E-state index < -0.39 is 52.6 Å². The lowest BCUT2D eigenvalue weighted by Crippen LogP contribution is -2.59. The Morgan fingerprint density at radius 1 is 1.06 bits per heavy atom. The van der Waals surface area contributed by atoms with Crippen molar-refractivity contribution < 1.29 is 33.5 Å². The molecule has 1 aromatic rings. The average molecular weight is 714 g/mol. The molecule has 1 unspecified atom stereocenters. The highest BCUT2D eigenvalue weighted by molar-refractivity contribution is 6.38. The minimum Gasteiger partial charge on any atom is -0.387 e. The third kappa shape index (κ3) is 8.85. The standard InChI is InChI=1S/C37H52ClN5O7/c1-35(2,3)31(41-29(44)16-23-13-14-49-36(4,5)18-23)34(48)43-21-37(19-27(42-50-37)24-11-8-12-25(38)17-24)20-28(43)32(46)40-26(15-22-9-7-10-22)30(45)33(47)39-6/h8,11-12,17,22-23,26,28,31H,7,9-10,13-16,18-21H2,1-6H3,(H,39,47)(H,40,46)(H,41,44)/t23?,26-,28-,31+,37+/m0/s1. The number of Topliss-reactive ketones (excluding diaryl/α,β-unsaturated/α-hetero) is 1. The first kappa shape index (κ1) is 37.7. The van der Waals surface area contributed by atoms with Gasteiger partial charge < -0.3 is 30.4 Å². The van der Waals surface area contributed by atoms with E-state index in [0.29, 0.717) is 30.2 Å². The van der Waals surface area contributed by atoms with Gasteiger partial charge in [-0.05, 0) is 62.5 Å². The Bertz CT molecular complexity index is 1520. The summed E-state index contributed by atoms with van der Waals surface area (Å²) in [4.78, 5) is 75.5. The van der Waals surface area contributed by atoms with Gasteiger partial charge in [0.1, 0.15) is 12.1 Å². The molecule has 2 saturated heterocycles. The Labute approximate surface area is 299 Å². The van der Waals surface area contributed by atoms with E-state index in [2.05, 4.69) is 21.1 Å². The topological polar surface area (TPSA) is 156 Å². The molecular formula is C37H52ClN5O7. The van der Waals surface area contributed by atoms with Gasteiger partial charge in [-0.3, -0.25) is 24.0 Å². The molecule has 3 fully saturated rings. The van der Waals surface area contributed by atoms with E-state index in [1.54, 1.807) is 12.1 Å². The molecule has 0 bridgehead atoms. The molecule has 5 atom stereocenters. The summed E-state index contributed by atoms with van der Waals surface area (Å²) >= 11 is 6.26. The Morgan fingerprint density at radius 2 is 1.80 bits per heavy atom. The zero-order chi connectivity index (χ0) is 36.4. The van der Waals surface area contributed by atoms with Crippen molar-refractivity contribution in [1.29, 1.82) is 0 Å². The first-order valence-corrected chi connectivity index (χ1v) is 18.2. The third-order valence-electron chi connectivity index (χ3n) is 10.6. The number of amides is 4. The van der Waals surface area contributed by atoms with Gasteiger partial charge in [0.05, 0.1) is 23.9 Å². The van der Waals surface area contributed by atoms with Crippen LogP contribution < -0.4 is 16.0 Å². The fourth-order valence-corrected chi connectivity index (χ4v) is 7.81. The lowest BCUT2D eigenvalue weighted by atomic mass is 9.80. The van der Waals surface area contributed by atoms with Crippen LogP contribution in [0.15, 0.2) is 29.4 Å². The molecule has 50 heavy (non-hydrogen) atoms. The highest BCUT2D eigenvalue weighted by Gasteiger charge is 2.56. The number of hydrogen-bond donors (Lipinski definition) is 3. The molecule has 12 nitrogen and oxygen atoms in total.